The fourth-order valence-electron chi connectivity index (χ4n) is 2.89. The number of nitrogens with zero attached hydrogens (tertiary/aromatic N) is 4. The number of aliphatic imine (C=N–C) groups is 1. The maximum atomic E-state index is 12.4. The second-order valence-corrected chi connectivity index (χ2v) is 6.74. The maximum absolute atomic E-state index is 12.4. The SMILES string of the molecule is CC1=CSC2=NC(=O)/C(=C\c3cccn3-c3cccc([N+](=O)[O-])c3)C(=N)N12. The molecule has 0 radical (unpaired) electrons. The molecule has 8 nitrogen and oxygen atoms in total. The van der Waals surface area contributed by atoms with Crippen molar-refractivity contribution >= 4 is 40.4 Å². The van der Waals surface area contributed by atoms with Gasteiger partial charge in [0.2, 0.25) is 0 Å². The fraction of sp³-hybridized carbons (Fsp3) is 0.0556. The third kappa shape index (κ3) is 2.87. The van der Waals surface area contributed by atoms with Crippen LogP contribution in [0.3, 0.4) is 0 Å². The number of nitro groups is 1. The number of benzene rings is 1. The van der Waals surface area contributed by atoms with E-state index in [2.05, 4.69) is 4.99 Å². The molecule has 4 rings (SSSR count). The zero-order valence-corrected chi connectivity index (χ0v) is 14.9. The highest BCUT2D eigenvalue weighted by Gasteiger charge is 2.34. The number of thioether (sulfide) groups is 1. The highest BCUT2D eigenvalue weighted by atomic mass is 32.2. The standard InChI is InChI=1S/C18H13N5O3S/c1-11-10-27-18-20-17(24)15(16(19)22(11)18)9-13-6-3-7-21(13)12-4-2-5-14(8-12)23(25)26/h2-10,19H,1H3/b15-9-,19-16?. The summed E-state index contributed by atoms with van der Waals surface area (Å²) >= 11 is 1.31. The molecule has 0 saturated heterocycles. The topological polar surface area (TPSA) is 105 Å². The summed E-state index contributed by atoms with van der Waals surface area (Å²) in [5, 5.41) is 21.8. The molecule has 2 aliphatic heterocycles. The lowest BCUT2D eigenvalue weighted by atomic mass is 10.1. The van der Waals surface area contributed by atoms with Gasteiger partial charge in [0.15, 0.2) is 5.17 Å². The molecule has 9 heteroatoms. The molecule has 1 aromatic heterocycles. The van der Waals surface area contributed by atoms with Crippen molar-refractivity contribution in [1.82, 2.24) is 9.47 Å². The average Bonchev–Trinajstić information content (AvgIpc) is 3.25. The van der Waals surface area contributed by atoms with Crippen LogP contribution in [0, 0.1) is 15.5 Å². The minimum atomic E-state index is -0.478. The third-order valence-corrected chi connectivity index (χ3v) is 5.12. The summed E-state index contributed by atoms with van der Waals surface area (Å²) in [6.07, 6.45) is 3.33. The van der Waals surface area contributed by atoms with Gasteiger partial charge in [0, 0.05) is 29.7 Å². The summed E-state index contributed by atoms with van der Waals surface area (Å²) in [6, 6.07) is 9.76. The molecule has 0 saturated carbocycles. The van der Waals surface area contributed by atoms with Crippen LogP contribution in [0.2, 0.25) is 0 Å². The van der Waals surface area contributed by atoms with Crippen LogP contribution >= 0.6 is 11.8 Å². The van der Waals surface area contributed by atoms with Crippen LogP contribution in [0.1, 0.15) is 12.6 Å². The van der Waals surface area contributed by atoms with Crippen molar-refractivity contribution in [2.24, 2.45) is 4.99 Å². The van der Waals surface area contributed by atoms with Crippen LogP contribution in [0.25, 0.3) is 11.8 Å². The molecule has 1 N–H and O–H groups in total. The van der Waals surface area contributed by atoms with Crippen LogP contribution < -0.4 is 0 Å². The third-order valence-electron chi connectivity index (χ3n) is 4.18. The Balaban J connectivity index is 1.76. The Labute approximate surface area is 158 Å². The predicted octanol–water partition coefficient (Wildman–Crippen LogP) is 3.55. The number of allylic oxidation sites excluding steroid dienone is 1. The average molecular weight is 379 g/mol. The van der Waals surface area contributed by atoms with Gasteiger partial charge in [0.1, 0.15) is 5.84 Å². The lowest BCUT2D eigenvalue weighted by molar-refractivity contribution is -0.384. The molecule has 0 bridgehead atoms. The lowest BCUT2D eigenvalue weighted by Gasteiger charge is -2.25. The molecule has 2 aromatic rings. The largest absolute Gasteiger partial charge is 0.317 e. The number of hydrogen-bond acceptors (Lipinski definition) is 5. The van der Waals surface area contributed by atoms with E-state index in [4.69, 9.17) is 5.41 Å². The normalized spacial score (nSPS) is 17.8. The van der Waals surface area contributed by atoms with E-state index in [1.54, 1.807) is 46.0 Å². The van der Waals surface area contributed by atoms with Gasteiger partial charge in [-0.25, -0.2) is 0 Å². The minimum Gasteiger partial charge on any atom is -0.317 e. The first kappa shape index (κ1) is 17.0. The van der Waals surface area contributed by atoms with E-state index < -0.39 is 10.8 Å². The zero-order valence-electron chi connectivity index (χ0n) is 14.1. The summed E-state index contributed by atoms with van der Waals surface area (Å²) in [4.78, 5) is 28.7. The maximum Gasteiger partial charge on any atom is 0.283 e. The van der Waals surface area contributed by atoms with E-state index in [9.17, 15) is 14.9 Å². The number of rotatable bonds is 3. The van der Waals surface area contributed by atoms with Gasteiger partial charge in [-0.2, -0.15) is 4.99 Å². The van der Waals surface area contributed by atoms with Crippen LogP contribution in [0.5, 0.6) is 0 Å². The Morgan fingerprint density at radius 3 is 2.89 bits per heavy atom. The molecular formula is C18H13N5O3S. The quantitative estimate of drug-likeness (QED) is 0.499. The highest BCUT2D eigenvalue weighted by Crippen LogP contribution is 2.32. The molecule has 3 heterocycles. The van der Waals surface area contributed by atoms with E-state index in [0.29, 0.717) is 16.5 Å². The van der Waals surface area contributed by atoms with E-state index in [-0.39, 0.29) is 17.1 Å². The van der Waals surface area contributed by atoms with Gasteiger partial charge in [0.25, 0.3) is 11.6 Å². The number of nitro benzene ring substituents is 1. The van der Waals surface area contributed by atoms with Gasteiger partial charge in [0.05, 0.1) is 16.2 Å². The summed E-state index contributed by atoms with van der Waals surface area (Å²) in [6.45, 7) is 1.85. The van der Waals surface area contributed by atoms with Gasteiger partial charge < -0.3 is 4.57 Å². The molecule has 2 aliphatic rings. The number of carbonyl (C=O) groups excluding carboxylic acids is 1. The molecule has 1 amide bonds. The molecule has 0 unspecified atom stereocenters. The van der Waals surface area contributed by atoms with Crippen LogP contribution in [-0.2, 0) is 4.79 Å². The molecule has 0 spiro atoms. The Kier molecular flexibility index (Phi) is 4.00. The Hall–Kier alpha value is -3.46. The van der Waals surface area contributed by atoms with E-state index >= 15 is 0 Å². The van der Waals surface area contributed by atoms with Crippen LogP contribution in [-0.4, -0.2) is 31.3 Å². The van der Waals surface area contributed by atoms with Gasteiger partial charge >= 0.3 is 0 Å². The van der Waals surface area contributed by atoms with Gasteiger partial charge in [-0.1, -0.05) is 17.8 Å². The zero-order chi connectivity index (χ0) is 19.1. The molecule has 134 valence electrons. The molecule has 0 fully saturated rings. The first-order valence-electron chi connectivity index (χ1n) is 7.95. The van der Waals surface area contributed by atoms with Crippen molar-refractivity contribution in [3.8, 4) is 5.69 Å². The Morgan fingerprint density at radius 1 is 1.30 bits per heavy atom. The summed E-state index contributed by atoms with van der Waals surface area (Å²) in [5.74, 6) is -0.413. The summed E-state index contributed by atoms with van der Waals surface area (Å²) in [7, 11) is 0. The molecule has 0 aliphatic carbocycles. The van der Waals surface area contributed by atoms with E-state index in [1.165, 1.54) is 23.9 Å². The number of amides is 1. The van der Waals surface area contributed by atoms with Crippen molar-refractivity contribution in [3.05, 3.63) is 75.1 Å². The number of aromatic nitrogens is 1. The van der Waals surface area contributed by atoms with Gasteiger partial charge in [-0.15, -0.1) is 0 Å². The molecule has 27 heavy (non-hydrogen) atoms. The number of non-ortho nitro benzene ring substituents is 1. The number of nitrogens with one attached hydrogen (secondary N) is 1. The van der Waals surface area contributed by atoms with Crippen molar-refractivity contribution in [1.29, 1.82) is 5.41 Å². The van der Waals surface area contributed by atoms with Crippen molar-refractivity contribution in [2.75, 3.05) is 0 Å². The van der Waals surface area contributed by atoms with Crippen molar-refractivity contribution < 1.29 is 9.72 Å². The molecule has 1 aromatic carbocycles. The minimum absolute atomic E-state index is 0.0228. The van der Waals surface area contributed by atoms with Gasteiger partial charge in [-0.3, -0.25) is 25.2 Å². The first-order chi connectivity index (χ1) is 13.0. The summed E-state index contributed by atoms with van der Waals surface area (Å²) in [5.41, 5.74) is 2.18. The molecule has 0 atom stereocenters. The lowest BCUT2D eigenvalue weighted by Crippen LogP contribution is -2.37. The number of carbonyl (C=O) groups is 1. The number of hydrogen-bond donors (Lipinski definition) is 1. The highest BCUT2D eigenvalue weighted by molar-refractivity contribution is 8.16. The van der Waals surface area contributed by atoms with E-state index in [1.807, 2.05) is 12.3 Å². The summed E-state index contributed by atoms with van der Waals surface area (Å²) < 4.78 is 1.72. The van der Waals surface area contributed by atoms with Crippen LogP contribution in [0.4, 0.5) is 5.69 Å². The van der Waals surface area contributed by atoms with Crippen LogP contribution in [0.15, 0.2) is 64.3 Å². The Bertz CT molecular complexity index is 1100. The van der Waals surface area contributed by atoms with Crippen molar-refractivity contribution in [3.63, 3.8) is 0 Å². The second kappa shape index (κ2) is 6.36. The first-order valence-corrected chi connectivity index (χ1v) is 8.83. The monoisotopic (exact) mass is 379 g/mol. The molecular weight excluding hydrogens is 366 g/mol. The predicted molar refractivity (Wildman–Crippen MR) is 104 cm³/mol. The number of fused-ring (bicyclic) bond motifs is 1. The second-order valence-electron chi connectivity index (χ2n) is 5.90. The van der Waals surface area contributed by atoms with Gasteiger partial charge in [-0.05, 0) is 36.6 Å². The Morgan fingerprint density at radius 2 is 2.11 bits per heavy atom. The van der Waals surface area contributed by atoms with Crippen molar-refractivity contribution in [2.45, 2.75) is 6.92 Å². The fourth-order valence-corrected chi connectivity index (χ4v) is 3.75. The smallest absolute Gasteiger partial charge is 0.283 e. The van der Waals surface area contributed by atoms with E-state index in [0.717, 1.165) is 5.70 Å². The number of amidine groups is 2.